The van der Waals surface area contributed by atoms with E-state index in [0.717, 1.165) is 4.48 Å². The van der Waals surface area contributed by atoms with Crippen molar-refractivity contribution in [1.82, 2.24) is 0 Å². The molecule has 0 heterocycles. The van der Waals surface area contributed by atoms with Crippen LogP contribution in [0.4, 0.5) is 0 Å². The Hall–Kier alpha value is 0.00688. The third kappa shape index (κ3) is 14.1. The lowest BCUT2D eigenvalue weighted by molar-refractivity contribution is -0.870. The van der Waals surface area contributed by atoms with Gasteiger partial charge in [-0.25, -0.2) is 0 Å². The van der Waals surface area contributed by atoms with Crippen LogP contribution in [0.3, 0.4) is 0 Å². The molecule has 0 aromatic carbocycles. The fourth-order valence-electron chi connectivity index (χ4n) is 3.20. The number of unbranched alkanes of at least 4 members (excludes halogenated alkanes) is 8. The summed E-state index contributed by atoms with van der Waals surface area (Å²) in [7, 11) is 5.48. The van der Waals surface area contributed by atoms with Crippen LogP contribution in [-0.2, 0) is 0 Å². The maximum atomic E-state index is 4.45. The van der Waals surface area contributed by atoms with E-state index in [1.807, 2.05) is 11.8 Å². The first-order valence-corrected chi connectivity index (χ1v) is 15.1. The van der Waals surface area contributed by atoms with E-state index in [2.05, 4.69) is 54.3 Å². The summed E-state index contributed by atoms with van der Waals surface area (Å²) in [6, 6.07) is 1.38. The molecule has 0 bridgehead atoms. The molecule has 0 saturated carbocycles. The fraction of sp³-hybridized carbons (Fsp3) is 0.826. The van der Waals surface area contributed by atoms with Crippen LogP contribution in [0, 0.1) is 0 Å². The number of rotatable bonds is 17. The summed E-state index contributed by atoms with van der Waals surface area (Å²) in [5, 5.41) is 1.40. The van der Waals surface area contributed by atoms with Crippen molar-refractivity contribution in [3.63, 3.8) is 0 Å². The summed E-state index contributed by atoms with van der Waals surface area (Å²) in [5.74, 6) is 1.21. The number of quaternary nitrogens is 1. The van der Waals surface area contributed by atoms with Crippen LogP contribution in [-0.4, -0.2) is 46.0 Å². The SMILES string of the molecule is C=C(SCCCCCC[N+](C)(C)C)C(=C)[Si](C)(C)CCCCCCCC. The molecule has 0 rings (SSSR count). The Kier molecular flexibility index (Phi) is 14.1. The quantitative estimate of drug-likeness (QED) is 0.105. The van der Waals surface area contributed by atoms with Crippen molar-refractivity contribution < 1.29 is 4.48 Å². The van der Waals surface area contributed by atoms with E-state index in [0.29, 0.717) is 0 Å². The predicted octanol–water partition coefficient (Wildman–Crippen LogP) is 7.66. The number of thioether (sulfide) groups is 1. The van der Waals surface area contributed by atoms with Crippen molar-refractivity contribution in [2.45, 2.75) is 90.3 Å². The second-order valence-corrected chi connectivity index (χ2v) is 15.6. The normalized spacial score (nSPS) is 12.4. The Morgan fingerprint density at radius 3 is 1.96 bits per heavy atom. The molecule has 154 valence electrons. The van der Waals surface area contributed by atoms with Gasteiger partial charge in [-0.1, -0.05) is 89.4 Å². The molecule has 0 saturated heterocycles. The Morgan fingerprint density at radius 2 is 1.35 bits per heavy atom. The summed E-state index contributed by atoms with van der Waals surface area (Å²) < 4.78 is 1.09. The maximum absolute atomic E-state index is 4.45. The van der Waals surface area contributed by atoms with Crippen LogP contribution in [0.5, 0.6) is 0 Å². The number of nitrogens with zero attached hydrogens (tertiary/aromatic N) is 1. The van der Waals surface area contributed by atoms with Gasteiger partial charge in [-0.2, -0.15) is 0 Å². The van der Waals surface area contributed by atoms with Gasteiger partial charge in [-0.05, 0) is 29.9 Å². The molecule has 0 radical (unpaired) electrons. The topological polar surface area (TPSA) is 0 Å². The number of hydrogen-bond acceptors (Lipinski definition) is 1. The largest absolute Gasteiger partial charge is 0.331 e. The van der Waals surface area contributed by atoms with Gasteiger partial charge < -0.3 is 4.48 Å². The third-order valence-corrected chi connectivity index (χ3v) is 10.1. The van der Waals surface area contributed by atoms with Gasteiger partial charge in [-0.3, -0.25) is 0 Å². The predicted molar refractivity (Wildman–Crippen MR) is 128 cm³/mol. The zero-order chi connectivity index (χ0) is 20.1. The highest BCUT2D eigenvalue weighted by Gasteiger charge is 2.25. The zero-order valence-corrected chi connectivity index (χ0v) is 20.8. The molecule has 0 aromatic heterocycles. The van der Waals surface area contributed by atoms with Gasteiger partial charge in [-0.15, -0.1) is 11.8 Å². The van der Waals surface area contributed by atoms with Crippen molar-refractivity contribution in [3.8, 4) is 0 Å². The van der Waals surface area contributed by atoms with Gasteiger partial charge in [0, 0.05) is 0 Å². The molecule has 0 aliphatic carbocycles. The molecule has 0 spiro atoms. The highest BCUT2D eigenvalue weighted by molar-refractivity contribution is 8.03. The lowest BCUT2D eigenvalue weighted by Crippen LogP contribution is -2.35. The van der Waals surface area contributed by atoms with Crippen molar-refractivity contribution >= 4 is 19.8 Å². The van der Waals surface area contributed by atoms with Crippen LogP contribution in [0.25, 0.3) is 0 Å². The summed E-state index contributed by atoms with van der Waals surface area (Å²) in [5.41, 5.74) is 0. The first-order chi connectivity index (χ1) is 12.1. The molecule has 0 atom stereocenters. The van der Waals surface area contributed by atoms with E-state index in [-0.39, 0.29) is 0 Å². The third-order valence-electron chi connectivity index (χ3n) is 5.31. The highest BCUT2D eigenvalue weighted by atomic mass is 32.2. The minimum absolute atomic E-state index is 1.09. The smallest absolute Gasteiger partial charge is 0.0812 e. The van der Waals surface area contributed by atoms with Crippen LogP contribution >= 0.6 is 11.8 Å². The van der Waals surface area contributed by atoms with Gasteiger partial charge in [0.05, 0.1) is 35.8 Å². The van der Waals surface area contributed by atoms with E-state index >= 15 is 0 Å². The van der Waals surface area contributed by atoms with Gasteiger partial charge in [0.25, 0.3) is 0 Å². The molecule has 0 amide bonds. The van der Waals surface area contributed by atoms with Gasteiger partial charge in [0.15, 0.2) is 0 Å². The van der Waals surface area contributed by atoms with Crippen molar-refractivity contribution in [2.24, 2.45) is 0 Å². The monoisotopic (exact) mass is 398 g/mol. The van der Waals surface area contributed by atoms with E-state index in [1.165, 1.54) is 92.7 Å². The second kappa shape index (κ2) is 14.1. The fourth-order valence-corrected chi connectivity index (χ4v) is 7.20. The standard InChI is InChI=1S/C23H48NSSi/c1-9-10-11-12-15-18-21-26(7,8)23(3)22(2)25-20-17-14-13-16-19-24(4,5)6/h2-3,9-21H2,1,4-8H3/q+1. The van der Waals surface area contributed by atoms with E-state index in [9.17, 15) is 0 Å². The Balaban J connectivity index is 3.86. The molecule has 0 aliphatic rings. The summed E-state index contributed by atoms with van der Waals surface area (Å²) >= 11 is 1.96. The molecule has 0 aromatic rings. The van der Waals surface area contributed by atoms with Crippen molar-refractivity contribution in [1.29, 1.82) is 0 Å². The Labute approximate surface area is 171 Å². The minimum atomic E-state index is -1.36. The summed E-state index contributed by atoms with van der Waals surface area (Å²) in [6.45, 7) is 17.3. The first kappa shape index (κ1) is 26.0. The molecule has 0 aliphatic heterocycles. The Morgan fingerprint density at radius 1 is 0.808 bits per heavy atom. The van der Waals surface area contributed by atoms with Gasteiger partial charge in [0.2, 0.25) is 0 Å². The maximum Gasteiger partial charge on any atom is 0.0812 e. The van der Waals surface area contributed by atoms with E-state index in [1.54, 1.807) is 0 Å². The lowest BCUT2D eigenvalue weighted by Gasteiger charge is -2.26. The van der Waals surface area contributed by atoms with E-state index in [4.69, 9.17) is 0 Å². The van der Waals surface area contributed by atoms with Gasteiger partial charge in [0.1, 0.15) is 0 Å². The van der Waals surface area contributed by atoms with Crippen LogP contribution < -0.4 is 0 Å². The molecule has 26 heavy (non-hydrogen) atoms. The number of allylic oxidation sites excluding steroid dienone is 1. The molecule has 0 N–H and O–H groups in total. The van der Waals surface area contributed by atoms with Crippen LogP contribution in [0.2, 0.25) is 19.1 Å². The van der Waals surface area contributed by atoms with Crippen LogP contribution in [0.15, 0.2) is 23.3 Å². The zero-order valence-electron chi connectivity index (χ0n) is 19.0. The molecule has 3 heteroatoms. The van der Waals surface area contributed by atoms with E-state index < -0.39 is 8.07 Å². The average molecular weight is 399 g/mol. The molecular formula is C23H48NSSi+. The van der Waals surface area contributed by atoms with Crippen molar-refractivity contribution in [3.05, 3.63) is 23.3 Å². The summed E-state index contributed by atoms with van der Waals surface area (Å²) in [4.78, 5) is 1.28. The summed E-state index contributed by atoms with van der Waals surface area (Å²) in [6.07, 6.45) is 13.7. The molecule has 1 nitrogen and oxygen atoms in total. The van der Waals surface area contributed by atoms with Crippen LogP contribution in [0.1, 0.15) is 71.1 Å². The Bertz CT molecular complexity index is 396. The minimum Gasteiger partial charge on any atom is -0.331 e. The van der Waals surface area contributed by atoms with Crippen molar-refractivity contribution in [2.75, 3.05) is 33.4 Å². The molecule has 0 unspecified atom stereocenters. The van der Waals surface area contributed by atoms with Gasteiger partial charge >= 0.3 is 0 Å². The average Bonchev–Trinajstić information content (AvgIpc) is 2.55. The first-order valence-electron chi connectivity index (χ1n) is 10.9. The molecule has 0 fully saturated rings. The lowest BCUT2D eigenvalue weighted by atomic mass is 10.1. The highest BCUT2D eigenvalue weighted by Crippen LogP contribution is 2.32. The molecular weight excluding hydrogens is 350 g/mol. The number of hydrogen-bond donors (Lipinski definition) is 0. The second-order valence-electron chi connectivity index (χ2n) is 9.58.